The summed E-state index contributed by atoms with van der Waals surface area (Å²) < 4.78 is 1.90. The molecule has 5 nitrogen and oxygen atoms in total. The summed E-state index contributed by atoms with van der Waals surface area (Å²) in [5.41, 5.74) is 7.31. The first-order valence-electron chi connectivity index (χ1n) is 6.18. The third-order valence-electron chi connectivity index (χ3n) is 3.07. The molecule has 0 fully saturated rings. The van der Waals surface area contributed by atoms with Crippen molar-refractivity contribution in [1.29, 1.82) is 0 Å². The minimum Gasteiger partial charge on any atom is -0.326 e. The zero-order valence-corrected chi connectivity index (χ0v) is 11.0. The summed E-state index contributed by atoms with van der Waals surface area (Å²) in [6.45, 7) is 5.92. The molecule has 2 rings (SSSR count). The second-order valence-corrected chi connectivity index (χ2v) is 4.45. The van der Waals surface area contributed by atoms with E-state index in [1.54, 1.807) is 6.20 Å². The first-order chi connectivity index (χ1) is 8.63. The number of hydrogen-bond donors (Lipinski definition) is 1. The zero-order chi connectivity index (χ0) is 13.1. The van der Waals surface area contributed by atoms with Crippen LogP contribution in [0.2, 0.25) is 0 Å². The summed E-state index contributed by atoms with van der Waals surface area (Å²) in [7, 11) is 0. The molecule has 0 aromatic carbocycles. The second-order valence-electron chi connectivity index (χ2n) is 4.45. The Hall–Kier alpha value is -1.75. The van der Waals surface area contributed by atoms with Crippen LogP contribution in [0.1, 0.15) is 36.6 Å². The SMILES string of the molecule is CCC(N)C(c1cccnc1)n1nc(C)nc1C. The van der Waals surface area contributed by atoms with Gasteiger partial charge < -0.3 is 5.73 Å². The Kier molecular flexibility index (Phi) is 3.72. The average molecular weight is 245 g/mol. The first-order valence-corrected chi connectivity index (χ1v) is 6.18. The Balaban J connectivity index is 2.47. The van der Waals surface area contributed by atoms with E-state index in [0.717, 1.165) is 23.6 Å². The molecule has 2 atom stereocenters. The van der Waals surface area contributed by atoms with Gasteiger partial charge in [0.1, 0.15) is 11.6 Å². The number of aryl methyl sites for hydroxylation is 2. The summed E-state index contributed by atoms with van der Waals surface area (Å²) in [6.07, 6.45) is 4.48. The van der Waals surface area contributed by atoms with E-state index in [9.17, 15) is 0 Å². The molecule has 0 aliphatic rings. The van der Waals surface area contributed by atoms with Crippen LogP contribution >= 0.6 is 0 Å². The number of nitrogens with two attached hydrogens (primary N) is 1. The van der Waals surface area contributed by atoms with Gasteiger partial charge in [-0.05, 0) is 31.9 Å². The molecule has 5 heteroatoms. The van der Waals surface area contributed by atoms with Crippen molar-refractivity contribution in [3.63, 3.8) is 0 Å². The highest BCUT2D eigenvalue weighted by Crippen LogP contribution is 2.22. The third kappa shape index (κ3) is 2.41. The van der Waals surface area contributed by atoms with Crippen LogP contribution in [0.3, 0.4) is 0 Å². The molecule has 2 aromatic heterocycles. The van der Waals surface area contributed by atoms with Gasteiger partial charge in [0.2, 0.25) is 0 Å². The predicted molar refractivity (Wildman–Crippen MR) is 70.1 cm³/mol. The van der Waals surface area contributed by atoms with Gasteiger partial charge in [-0.3, -0.25) is 4.98 Å². The molecule has 0 bridgehead atoms. The van der Waals surface area contributed by atoms with Crippen molar-refractivity contribution in [2.75, 3.05) is 0 Å². The smallest absolute Gasteiger partial charge is 0.147 e. The minimum atomic E-state index is -0.00935. The molecule has 0 radical (unpaired) electrons. The molecule has 0 saturated heterocycles. The van der Waals surface area contributed by atoms with Crippen molar-refractivity contribution in [3.8, 4) is 0 Å². The van der Waals surface area contributed by atoms with Crippen LogP contribution in [-0.2, 0) is 0 Å². The van der Waals surface area contributed by atoms with E-state index in [0.29, 0.717) is 0 Å². The van der Waals surface area contributed by atoms with E-state index in [2.05, 4.69) is 22.0 Å². The van der Waals surface area contributed by atoms with E-state index >= 15 is 0 Å². The highest BCUT2D eigenvalue weighted by atomic mass is 15.4. The molecule has 0 spiro atoms. The molecule has 2 unspecified atom stereocenters. The maximum atomic E-state index is 6.24. The molecule has 96 valence electrons. The first kappa shape index (κ1) is 12.7. The van der Waals surface area contributed by atoms with Crippen molar-refractivity contribution in [2.24, 2.45) is 5.73 Å². The van der Waals surface area contributed by atoms with Gasteiger partial charge in [0.15, 0.2) is 0 Å². The largest absolute Gasteiger partial charge is 0.326 e. The lowest BCUT2D eigenvalue weighted by Gasteiger charge is -2.24. The zero-order valence-electron chi connectivity index (χ0n) is 11.0. The standard InChI is InChI=1S/C13H19N5/c1-4-12(14)13(11-6-5-7-15-8-11)18-10(3)16-9(2)17-18/h5-8,12-13H,4,14H2,1-3H3. The Labute approximate surface area is 107 Å². The number of pyridine rings is 1. The summed E-state index contributed by atoms with van der Waals surface area (Å²) in [5.74, 6) is 1.65. The summed E-state index contributed by atoms with van der Waals surface area (Å²) >= 11 is 0. The van der Waals surface area contributed by atoms with E-state index < -0.39 is 0 Å². The summed E-state index contributed by atoms with van der Waals surface area (Å²) in [6, 6.07) is 3.94. The number of hydrogen-bond acceptors (Lipinski definition) is 4. The maximum absolute atomic E-state index is 6.24. The number of rotatable bonds is 4. The predicted octanol–water partition coefficient (Wildman–Crippen LogP) is 1.62. The Morgan fingerprint density at radius 1 is 1.39 bits per heavy atom. The Morgan fingerprint density at radius 2 is 2.17 bits per heavy atom. The highest BCUT2D eigenvalue weighted by molar-refractivity contribution is 5.18. The van der Waals surface area contributed by atoms with Crippen molar-refractivity contribution < 1.29 is 0 Å². The van der Waals surface area contributed by atoms with Crippen LogP contribution in [0.25, 0.3) is 0 Å². The molecule has 0 aliphatic heterocycles. The fourth-order valence-electron chi connectivity index (χ4n) is 2.14. The van der Waals surface area contributed by atoms with Gasteiger partial charge in [-0.25, -0.2) is 9.67 Å². The van der Waals surface area contributed by atoms with Crippen LogP contribution in [0.5, 0.6) is 0 Å². The van der Waals surface area contributed by atoms with Gasteiger partial charge in [-0.15, -0.1) is 0 Å². The number of nitrogens with zero attached hydrogens (tertiary/aromatic N) is 4. The van der Waals surface area contributed by atoms with E-state index in [-0.39, 0.29) is 12.1 Å². The summed E-state index contributed by atoms with van der Waals surface area (Å²) in [5, 5.41) is 4.45. The fourth-order valence-corrected chi connectivity index (χ4v) is 2.14. The van der Waals surface area contributed by atoms with Gasteiger partial charge in [-0.1, -0.05) is 13.0 Å². The molecular formula is C13H19N5. The highest BCUT2D eigenvalue weighted by Gasteiger charge is 2.23. The topological polar surface area (TPSA) is 69.6 Å². The van der Waals surface area contributed by atoms with Crippen LogP contribution in [-0.4, -0.2) is 25.8 Å². The molecule has 18 heavy (non-hydrogen) atoms. The molecule has 0 amide bonds. The summed E-state index contributed by atoms with van der Waals surface area (Å²) in [4.78, 5) is 8.52. The van der Waals surface area contributed by atoms with Gasteiger partial charge in [0.05, 0.1) is 6.04 Å². The van der Waals surface area contributed by atoms with E-state index in [4.69, 9.17) is 5.73 Å². The van der Waals surface area contributed by atoms with Crippen molar-refractivity contribution in [2.45, 2.75) is 39.3 Å². The van der Waals surface area contributed by atoms with Crippen LogP contribution in [0.4, 0.5) is 0 Å². The van der Waals surface area contributed by atoms with Crippen molar-refractivity contribution >= 4 is 0 Å². The van der Waals surface area contributed by atoms with Crippen molar-refractivity contribution in [3.05, 3.63) is 41.7 Å². The molecule has 2 N–H and O–H groups in total. The van der Waals surface area contributed by atoms with Gasteiger partial charge >= 0.3 is 0 Å². The van der Waals surface area contributed by atoms with Crippen LogP contribution < -0.4 is 5.73 Å². The van der Waals surface area contributed by atoms with E-state index in [1.807, 2.05) is 36.9 Å². The Bertz CT molecular complexity index is 505. The lowest BCUT2D eigenvalue weighted by atomic mass is 10.00. The van der Waals surface area contributed by atoms with Gasteiger partial charge in [0, 0.05) is 18.4 Å². The van der Waals surface area contributed by atoms with Crippen LogP contribution in [0.15, 0.2) is 24.5 Å². The monoisotopic (exact) mass is 245 g/mol. The van der Waals surface area contributed by atoms with Crippen molar-refractivity contribution in [1.82, 2.24) is 19.7 Å². The van der Waals surface area contributed by atoms with Crippen LogP contribution in [0, 0.1) is 13.8 Å². The second kappa shape index (κ2) is 5.27. The lowest BCUT2D eigenvalue weighted by Crippen LogP contribution is -2.33. The van der Waals surface area contributed by atoms with E-state index in [1.165, 1.54) is 0 Å². The third-order valence-corrected chi connectivity index (χ3v) is 3.07. The lowest BCUT2D eigenvalue weighted by molar-refractivity contribution is 0.413. The molecule has 0 saturated carbocycles. The molecule has 2 aromatic rings. The number of aromatic nitrogens is 4. The fraction of sp³-hybridized carbons (Fsp3) is 0.462. The minimum absolute atomic E-state index is 0.00556. The molecule has 0 aliphatic carbocycles. The average Bonchev–Trinajstić information content (AvgIpc) is 2.70. The maximum Gasteiger partial charge on any atom is 0.147 e. The van der Waals surface area contributed by atoms with Gasteiger partial charge in [0.25, 0.3) is 0 Å². The quantitative estimate of drug-likeness (QED) is 0.888. The molecular weight excluding hydrogens is 226 g/mol. The normalized spacial score (nSPS) is 14.4. The van der Waals surface area contributed by atoms with Gasteiger partial charge in [-0.2, -0.15) is 5.10 Å². The molecule has 2 heterocycles. The Morgan fingerprint density at radius 3 is 2.67 bits per heavy atom.